The van der Waals surface area contributed by atoms with Crippen molar-refractivity contribution in [3.8, 4) is 0 Å². The first-order valence-electron chi connectivity index (χ1n) is 6.12. The SMILES string of the molecule is CCNc1ccc(C(=O)NCCCCSC)nn1. The highest BCUT2D eigenvalue weighted by Crippen LogP contribution is 2.02. The predicted molar refractivity (Wildman–Crippen MR) is 76.1 cm³/mol. The van der Waals surface area contributed by atoms with E-state index < -0.39 is 0 Å². The summed E-state index contributed by atoms with van der Waals surface area (Å²) in [5, 5.41) is 13.7. The summed E-state index contributed by atoms with van der Waals surface area (Å²) < 4.78 is 0. The number of carbonyl (C=O) groups is 1. The molecule has 1 rings (SSSR count). The maximum absolute atomic E-state index is 11.7. The molecule has 1 aromatic heterocycles. The Morgan fingerprint density at radius 2 is 2.17 bits per heavy atom. The van der Waals surface area contributed by atoms with Gasteiger partial charge >= 0.3 is 0 Å². The summed E-state index contributed by atoms with van der Waals surface area (Å²) in [5.41, 5.74) is 0.363. The number of hydrogen-bond acceptors (Lipinski definition) is 5. The molecule has 0 saturated carbocycles. The van der Waals surface area contributed by atoms with Crippen LogP contribution >= 0.6 is 11.8 Å². The van der Waals surface area contributed by atoms with E-state index in [2.05, 4.69) is 27.1 Å². The lowest BCUT2D eigenvalue weighted by Crippen LogP contribution is -2.25. The lowest BCUT2D eigenvalue weighted by atomic mass is 10.3. The van der Waals surface area contributed by atoms with Crippen LogP contribution in [-0.2, 0) is 0 Å². The number of amides is 1. The molecule has 0 aliphatic heterocycles. The van der Waals surface area contributed by atoms with Gasteiger partial charge in [-0.2, -0.15) is 11.8 Å². The number of aromatic nitrogens is 2. The molecule has 0 saturated heterocycles. The summed E-state index contributed by atoms with van der Waals surface area (Å²) in [7, 11) is 0. The molecule has 0 atom stereocenters. The van der Waals surface area contributed by atoms with Gasteiger partial charge in [0, 0.05) is 13.1 Å². The Kier molecular flexibility index (Phi) is 7.17. The van der Waals surface area contributed by atoms with Crippen molar-refractivity contribution in [2.45, 2.75) is 19.8 Å². The van der Waals surface area contributed by atoms with Gasteiger partial charge in [-0.1, -0.05) is 0 Å². The second-order valence-electron chi connectivity index (χ2n) is 3.79. The molecule has 0 radical (unpaired) electrons. The van der Waals surface area contributed by atoms with Crippen LogP contribution in [0.25, 0.3) is 0 Å². The topological polar surface area (TPSA) is 66.9 Å². The van der Waals surface area contributed by atoms with Crippen LogP contribution in [0.3, 0.4) is 0 Å². The second-order valence-corrected chi connectivity index (χ2v) is 4.78. The largest absolute Gasteiger partial charge is 0.369 e. The van der Waals surface area contributed by atoms with E-state index in [4.69, 9.17) is 0 Å². The van der Waals surface area contributed by atoms with Crippen LogP contribution in [0.15, 0.2) is 12.1 Å². The molecule has 5 nitrogen and oxygen atoms in total. The van der Waals surface area contributed by atoms with Gasteiger partial charge < -0.3 is 10.6 Å². The summed E-state index contributed by atoms with van der Waals surface area (Å²) in [6.07, 6.45) is 4.20. The minimum absolute atomic E-state index is 0.158. The monoisotopic (exact) mass is 268 g/mol. The van der Waals surface area contributed by atoms with Crippen LogP contribution in [0.4, 0.5) is 5.82 Å². The van der Waals surface area contributed by atoms with Crippen molar-refractivity contribution in [3.05, 3.63) is 17.8 Å². The fourth-order valence-electron chi connectivity index (χ4n) is 1.39. The molecule has 0 bridgehead atoms. The number of thioether (sulfide) groups is 1. The van der Waals surface area contributed by atoms with Crippen molar-refractivity contribution < 1.29 is 4.79 Å². The van der Waals surface area contributed by atoms with E-state index in [9.17, 15) is 4.79 Å². The Hall–Kier alpha value is -1.30. The van der Waals surface area contributed by atoms with Crippen LogP contribution < -0.4 is 10.6 Å². The number of nitrogens with zero attached hydrogens (tertiary/aromatic N) is 2. The Morgan fingerprint density at radius 1 is 1.33 bits per heavy atom. The first-order chi connectivity index (χ1) is 8.77. The summed E-state index contributed by atoms with van der Waals surface area (Å²) >= 11 is 1.82. The van der Waals surface area contributed by atoms with Gasteiger partial charge in [-0.25, -0.2) is 0 Å². The summed E-state index contributed by atoms with van der Waals surface area (Å²) in [5.74, 6) is 1.66. The standard InChI is InChI=1S/C12H20N4OS/c1-3-13-11-7-6-10(15-16-11)12(17)14-8-4-5-9-18-2/h6-7H,3-5,8-9H2,1-2H3,(H,13,16)(H,14,17). The van der Waals surface area contributed by atoms with E-state index in [1.807, 2.05) is 18.7 Å². The molecule has 0 spiro atoms. The molecule has 2 N–H and O–H groups in total. The zero-order chi connectivity index (χ0) is 13.2. The van der Waals surface area contributed by atoms with Gasteiger partial charge in [0.15, 0.2) is 5.69 Å². The van der Waals surface area contributed by atoms with Crippen LogP contribution in [0.1, 0.15) is 30.3 Å². The third-order valence-corrected chi connectivity index (χ3v) is 3.01. The first-order valence-corrected chi connectivity index (χ1v) is 7.52. The molecular formula is C12H20N4OS. The number of rotatable bonds is 8. The summed E-state index contributed by atoms with van der Waals surface area (Å²) in [6, 6.07) is 3.45. The quantitative estimate of drug-likeness (QED) is 0.704. The Bertz CT molecular complexity index is 356. The summed E-state index contributed by atoms with van der Waals surface area (Å²) in [4.78, 5) is 11.7. The van der Waals surface area contributed by atoms with Crippen molar-refractivity contribution in [1.82, 2.24) is 15.5 Å². The van der Waals surface area contributed by atoms with Gasteiger partial charge in [-0.3, -0.25) is 4.79 Å². The zero-order valence-electron chi connectivity index (χ0n) is 10.9. The second kappa shape index (κ2) is 8.74. The van der Waals surface area contributed by atoms with Crippen molar-refractivity contribution in [2.75, 3.05) is 30.4 Å². The molecule has 0 unspecified atom stereocenters. The average Bonchev–Trinajstić information content (AvgIpc) is 2.39. The number of nitrogens with one attached hydrogen (secondary N) is 2. The Labute approximate surface area is 112 Å². The zero-order valence-corrected chi connectivity index (χ0v) is 11.7. The highest BCUT2D eigenvalue weighted by atomic mass is 32.2. The van der Waals surface area contributed by atoms with E-state index in [-0.39, 0.29) is 5.91 Å². The highest BCUT2D eigenvalue weighted by molar-refractivity contribution is 7.98. The fraction of sp³-hybridized carbons (Fsp3) is 0.583. The van der Waals surface area contributed by atoms with Crippen LogP contribution in [-0.4, -0.2) is 41.2 Å². The van der Waals surface area contributed by atoms with Gasteiger partial charge in [0.1, 0.15) is 5.82 Å². The molecule has 1 heterocycles. The van der Waals surface area contributed by atoms with Gasteiger partial charge in [0.25, 0.3) is 5.91 Å². The maximum atomic E-state index is 11.7. The molecule has 1 amide bonds. The molecule has 18 heavy (non-hydrogen) atoms. The minimum Gasteiger partial charge on any atom is -0.369 e. The molecule has 0 aliphatic carbocycles. The highest BCUT2D eigenvalue weighted by Gasteiger charge is 2.06. The van der Waals surface area contributed by atoms with E-state index >= 15 is 0 Å². The third kappa shape index (κ3) is 5.35. The van der Waals surface area contributed by atoms with Crippen LogP contribution in [0.5, 0.6) is 0 Å². The fourth-order valence-corrected chi connectivity index (χ4v) is 1.89. The van der Waals surface area contributed by atoms with Gasteiger partial charge in [-0.15, -0.1) is 10.2 Å². The number of carbonyl (C=O) groups excluding carboxylic acids is 1. The van der Waals surface area contributed by atoms with Crippen molar-refractivity contribution in [1.29, 1.82) is 0 Å². The minimum atomic E-state index is -0.158. The number of hydrogen-bond donors (Lipinski definition) is 2. The van der Waals surface area contributed by atoms with Crippen molar-refractivity contribution in [2.24, 2.45) is 0 Å². The van der Waals surface area contributed by atoms with E-state index in [1.54, 1.807) is 12.1 Å². The number of unbranched alkanes of at least 4 members (excludes halogenated alkanes) is 1. The molecule has 0 aliphatic rings. The van der Waals surface area contributed by atoms with Crippen molar-refractivity contribution in [3.63, 3.8) is 0 Å². The first kappa shape index (κ1) is 14.8. The van der Waals surface area contributed by atoms with E-state index in [0.717, 1.165) is 25.1 Å². The lowest BCUT2D eigenvalue weighted by molar-refractivity contribution is 0.0947. The van der Waals surface area contributed by atoms with Crippen LogP contribution in [0, 0.1) is 0 Å². The molecule has 100 valence electrons. The smallest absolute Gasteiger partial charge is 0.271 e. The van der Waals surface area contributed by atoms with E-state index in [0.29, 0.717) is 18.1 Å². The van der Waals surface area contributed by atoms with E-state index in [1.165, 1.54) is 0 Å². The third-order valence-electron chi connectivity index (χ3n) is 2.32. The van der Waals surface area contributed by atoms with Crippen molar-refractivity contribution >= 4 is 23.5 Å². The molecule has 0 fully saturated rings. The Balaban J connectivity index is 2.32. The van der Waals surface area contributed by atoms with Gasteiger partial charge in [0.2, 0.25) is 0 Å². The van der Waals surface area contributed by atoms with Gasteiger partial charge in [0.05, 0.1) is 0 Å². The summed E-state index contributed by atoms with van der Waals surface area (Å²) in [6.45, 7) is 3.46. The molecule has 0 aromatic carbocycles. The van der Waals surface area contributed by atoms with Crippen LogP contribution in [0.2, 0.25) is 0 Å². The maximum Gasteiger partial charge on any atom is 0.271 e. The normalized spacial score (nSPS) is 10.1. The molecular weight excluding hydrogens is 248 g/mol. The molecule has 1 aromatic rings. The predicted octanol–water partition coefficient (Wildman–Crippen LogP) is 1.78. The van der Waals surface area contributed by atoms with Gasteiger partial charge in [-0.05, 0) is 43.9 Å². The molecule has 6 heteroatoms. The number of anilines is 1. The lowest BCUT2D eigenvalue weighted by Gasteiger charge is -2.05. The Morgan fingerprint density at radius 3 is 2.78 bits per heavy atom. The average molecular weight is 268 g/mol.